The quantitative estimate of drug-likeness (QED) is 0.511. The Bertz CT molecular complexity index is 274. The van der Waals surface area contributed by atoms with Crippen molar-refractivity contribution < 1.29 is 19.4 Å². The number of ether oxygens (including phenoxy) is 1. The molecule has 0 aromatic heterocycles. The van der Waals surface area contributed by atoms with Crippen molar-refractivity contribution in [2.24, 2.45) is 5.92 Å². The van der Waals surface area contributed by atoms with Crippen molar-refractivity contribution >= 4 is 11.9 Å². The fourth-order valence-corrected chi connectivity index (χ4v) is 1.31. The van der Waals surface area contributed by atoms with Gasteiger partial charge in [0.1, 0.15) is 6.61 Å². The van der Waals surface area contributed by atoms with Gasteiger partial charge in [-0.1, -0.05) is 19.1 Å². The van der Waals surface area contributed by atoms with Crippen LogP contribution in [0.1, 0.15) is 19.8 Å². The van der Waals surface area contributed by atoms with Gasteiger partial charge in [0.15, 0.2) is 0 Å². The Morgan fingerprint density at radius 1 is 1.35 bits per heavy atom. The summed E-state index contributed by atoms with van der Waals surface area (Å²) in [4.78, 5) is 24.0. The topological polar surface area (TPSA) is 66.8 Å². The number of aliphatic carboxylic acids is 1. The van der Waals surface area contributed by atoms with Crippen LogP contribution in [0.4, 0.5) is 0 Å². The number of allylic oxidation sites excluding steroid dienone is 1. The minimum Gasteiger partial charge on any atom is -0.481 e. The molecule has 0 saturated carbocycles. The molecule has 0 aromatic rings. The number of esters is 1. The van der Waals surface area contributed by atoms with Gasteiger partial charge in [0.05, 0.1) is 12.3 Å². The maximum absolute atomic E-state index is 11.4. The molecule has 17 heavy (non-hydrogen) atoms. The average molecular weight is 243 g/mol. The smallest absolute Gasteiger partial charge is 0.308 e. The van der Waals surface area contributed by atoms with Gasteiger partial charge in [-0.15, -0.1) is 0 Å². The first-order chi connectivity index (χ1) is 7.97. The summed E-state index contributed by atoms with van der Waals surface area (Å²) in [5.74, 6) is -2.16. The van der Waals surface area contributed by atoms with Crippen LogP contribution in [0.5, 0.6) is 0 Å². The van der Waals surface area contributed by atoms with E-state index < -0.39 is 17.9 Å². The molecular weight excluding hydrogens is 222 g/mol. The van der Waals surface area contributed by atoms with E-state index >= 15 is 0 Å². The summed E-state index contributed by atoms with van der Waals surface area (Å²) in [6.45, 7) is 2.52. The second-order valence-corrected chi connectivity index (χ2v) is 4.06. The number of rotatable bonds is 8. The van der Waals surface area contributed by atoms with E-state index in [0.29, 0.717) is 6.54 Å². The molecule has 0 amide bonds. The molecule has 0 spiro atoms. The highest BCUT2D eigenvalue weighted by molar-refractivity contribution is 5.79. The van der Waals surface area contributed by atoms with Crippen molar-refractivity contribution in [1.82, 2.24) is 4.90 Å². The molecule has 5 heteroatoms. The van der Waals surface area contributed by atoms with Crippen LogP contribution in [0.2, 0.25) is 0 Å². The molecule has 0 radical (unpaired) electrons. The van der Waals surface area contributed by atoms with E-state index in [1.165, 1.54) is 0 Å². The monoisotopic (exact) mass is 243 g/mol. The van der Waals surface area contributed by atoms with Crippen molar-refractivity contribution in [2.75, 3.05) is 27.2 Å². The zero-order valence-electron chi connectivity index (χ0n) is 10.7. The summed E-state index contributed by atoms with van der Waals surface area (Å²) in [5.41, 5.74) is 0. The highest BCUT2D eigenvalue weighted by atomic mass is 16.5. The Labute approximate surface area is 102 Å². The van der Waals surface area contributed by atoms with E-state index in [-0.39, 0.29) is 13.0 Å². The van der Waals surface area contributed by atoms with Crippen molar-refractivity contribution in [3.63, 3.8) is 0 Å². The standard InChI is InChI=1S/C12H21NO4/c1-4-5-6-7-17-11(14)8-10(12(15)16)9-13(2)3/h5-6,10H,4,7-9H2,1-3H3,(H,15,16). The summed E-state index contributed by atoms with van der Waals surface area (Å²) in [7, 11) is 3.54. The van der Waals surface area contributed by atoms with Crippen LogP contribution < -0.4 is 0 Å². The minimum absolute atomic E-state index is 0.0898. The van der Waals surface area contributed by atoms with Gasteiger partial charge in [-0.25, -0.2) is 0 Å². The molecule has 1 N–H and O–H groups in total. The van der Waals surface area contributed by atoms with E-state index in [1.807, 2.05) is 13.0 Å². The Hall–Kier alpha value is -1.36. The number of hydrogen-bond donors (Lipinski definition) is 1. The van der Waals surface area contributed by atoms with Gasteiger partial charge >= 0.3 is 11.9 Å². The average Bonchev–Trinajstić information content (AvgIpc) is 2.22. The number of carbonyl (C=O) groups is 2. The lowest BCUT2D eigenvalue weighted by molar-refractivity contribution is -0.151. The van der Waals surface area contributed by atoms with E-state index in [9.17, 15) is 9.59 Å². The van der Waals surface area contributed by atoms with Gasteiger partial charge in [-0.3, -0.25) is 9.59 Å². The maximum atomic E-state index is 11.4. The predicted molar refractivity (Wildman–Crippen MR) is 64.7 cm³/mol. The van der Waals surface area contributed by atoms with Gasteiger partial charge in [-0.2, -0.15) is 0 Å². The molecule has 98 valence electrons. The normalized spacial score (nSPS) is 12.9. The summed E-state index contributed by atoms with van der Waals surface area (Å²) in [5, 5.41) is 8.93. The first kappa shape index (κ1) is 15.6. The molecule has 0 aliphatic rings. The van der Waals surface area contributed by atoms with Crippen LogP contribution in [0.25, 0.3) is 0 Å². The molecule has 0 rings (SSSR count). The third-order valence-corrected chi connectivity index (χ3v) is 2.09. The van der Waals surface area contributed by atoms with Gasteiger partial charge in [0, 0.05) is 6.54 Å². The number of carbonyl (C=O) groups excluding carboxylic acids is 1. The molecule has 0 fully saturated rings. The minimum atomic E-state index is -0.972. The van der Waals surface area contributed by atoms with Gasteiger partial charge < -0.3 is 14.7 Å². The van der Waals surface area contributed by atoms with E-state index in [4.69, 9.17) is 9.84 Å². The van der Waals surface area contributed by atoms with Crippen LogP contribution in [0.3, 0.4) is 0 Å². The largest absolute Gasteiger partial charge is 0.481 e. The zero-order chi connectivity index (χ0) is 13.3. The molecule has 1 unspecified atom stereocenters. The Kier molecular flexibility index (Phi) is 8.05. The van der Waals surface area contributed by atoms with Crippen LogP contribution in [0, 0.1) is 5.92 Å². The third-order valence-electron chi connectivity index (χ3n) is 2.09. The third kappa shape index (κ3) is 8.45. The molecule has 1 atom stereocenters. The SMILES string of the molecule is CCC=CCOC(=O)CC(CN(C)C)C(=O)O. The van der Waals surface area contributed by atoms with Crippen molar-refractivity contribution in [3.8, 4) is 0 Å². The van der Waals surface area contributed by atoms with Crippen molar-refractivity contribution in [2.45, 2.75) is 19.8 Å². The Balaban J connectivity index is 4.04. The number of carboxylic acid groups (broad SMARTS) is 1. The summed E-state index contributed by atoms with van der Waals surface area (Å²) < 4.78 is 4.90. The lowest BCUT2D eigenvalue weighted by Crippen LogP contribution is -2.30. The number of nitrogens with zero attached hydrogens (tertiary/aromatic N) is 1. The van der Waals surface area contributed by atoms with E-state index in [2.05, 4.69) is 0 Å². The summed E-state index contributed by atoms with van der Waals surface area (Å²) in [6, 6.07) is 0. The van der Waals surface area contributed by atoms with Crippen molar-refractivity contribution in [3.05, 3.63) is 12.2 Å². The summed E-state index contributed by atoms with van der Waals surface area (Å²) in [6.07, 6.45) is 4.44. The number of hydrogen-bond acceptors (Lipinski definition) is 4. The van der Waals surface area contributed by atoms with E-state index in [0.717, 1.165) is 6.42 Å². The second kappa shape index (κ2) is 8.75. The fourth-order valence-electron chi connectivity index (χ4n) is 1.31. The lowest BCUT2D eigenvalue weighted by atomic mass is 10.1. The first-order valence-electron chi connectivity index (χ1n) is 5.65. The van der Waals surface area contributed by atoms with Crippen LogP contribution in [0.15, 0.2) is 12.2 Å². The Morgan fingerprint density at radius 3 is 2.47 bits per heavy atom. The van der Waals surface area contributed by atoms with Gasteiger partial charge in [-0.05, 0) is 20.5 Å². The highest BCUT2D eigenvalue weighted by Gasteiger charge is 2.22. The highest BCUT2D eigenvalue weighted by Crippen LogP contribution is 2.06. The molecule has 0 aliphatic carbocycles. The first-order valence-corrected chi connectivity index (χ1v) is 5.65. The maximum Gasteiger partial charge on any atom is 0.308 e. The molecule has 0 saturated heterocycles. The Morgan fingerprint density at radius 2 is 2.00 bits per heavy atom. The van der Waals surface area contributed by atoms with Crippen molar-refractivity contribution in [1.29, 1.82) is 0 Å². The molecule has 0 aliphatic heterocycles. The number of carboxylic acids is 1. The molecule has 5 nitrogen and oxygen atoms in total. The second-order valence-electron chi connectivity index (χ2n) is 4.06. The molecule has 0 bridgehead atoms. The van der Waals surface area contributed by atoms with Crippen LogP contribution >= 0.6 is 0 Å². The zero-order valence-corrected chi connectivity index (χ0v) is 10.7. The molecular formula is C12H21NO4. The predicted octanol–water partition coefficient (Wildman–Crippen LogP) is 1.15. The molecule has 0 aromatic carbocycles. The lowest BCUT2D eigenvalue weighted by Gasteiger charge is -2.16. The fraction of sp³-hybridized carbons (Fsp3) is 0.667. The van der Waals surface area contributed by atoms with Gasteiger partial charge in [0.2, 0.25) is 0 Å². The molecule has 0 heterocycles. The summed E-state index contributed by atoms with van der Waals surface area (Å²) >= 11 is 0. The van der Waals surface area contributed by atoms with E-state index in [1.54, 1.807) is 25.1 Å². The van der Waals surface area contributed by atoms with Gasteiger partial charge in [0.25, 0.3) is 0 Å². The van der Waals surface area contributed by atoms with Crippen LogP contribution in [-0.4, -0.2) is 49.2 Å². The van der Waals surface area contributed by atoms with Crippen LogP contribution in [-0.2, 0) is 14.3 Å².